The first-order chi connectivity index (χ1) is 12.3. The summed E-state index contributed by atoms with van der Waals surface area (Å²) < 4.78 is 1.01. The van der Waals surface area contributed by atoms with Crippen LogP contribution in [0.3, 0.4) is 0 Å². The smallest absolute Gasteiger partial charge is 0.159 e. The summed E-state index contributed by atoms with van der Waals surface area (Å²) in [5.74, 6) is 1.56. The third-order valence-corrected chi connectivity index (χ3v) is 4.48. The predicted molar refractivity (Wildman–Crippen MR) is 106 cm³/mol. The van der Waals surface area contributed by atoms with E-state index in [9.17, 15) is 0 Å². The van der Waals surface area contributed by atoms with Gasteiger partial charge in [0.1, 0.15) is 12.0 Å². The van der Waals surface area contributed by atoms with Gasteiger partial charge in [0.05, 0.1) is 0 Å². The normalized spacial score (nSPS) is 16.6. The monoisotopic (exact) mass is 389 g/mol. The van der Waals surface area contributed by atoms with E-state index in [1.54, 1.807) is 0 Å². The minimum Gasteiger partial charge on any atom is -0.344 e. The lowest BCUT2D eigenvalue weighted by Crippen LogP contribution is -2.33. The van der Waals surface area contributed by atoms with Gasteiger partial charge in [0.15, 0.2) is 5.84 Å². The van der Waals surface area contributed by atoms with Gasteiger partial charge in [-0.05, 0) is 17.7 Å². The molecule has 0 amide bonds. The fourth-order valence-electron chi connectivity index (χ4n) is 2.75. The summed E-state index contributed by atoms with van der Waals surface area (Å²) in [4.78, 5) is 9.61. The predicted octanol–water partition coefficient (Wildman–Crippen LogP) is 4.94. The summed E-state index contributed by atoms with van der Waals surface area (Å²) >= 11 is 3.53. The first-order valence-corrected chi connectivity index (χ1v) is 8.88. The Balaban J connectivity index is 1.80. The van der Waals surface area contributed by atoms with Gasteiger partial charge < -0.3 is 5.32 Å². The Morgan fingerprint density at radius 3 is 2.16 bits per heavy atom. The number of amidine groups is 2. The molecule has 3 aromatic rings. The molecule has 0 spiro atoms. The first kappa shape index (κ1) is 15.8. The summed E-state index contributed by atoms with van der Waals surface area (Å²) in [7, 11) is 0. The maximum atomic E-state index is 4.84. The second-order valence-electron chi connectivity index (χ2n) is 5.75. The second-order valence-corrected chi connectivity index (χ2v) is 6.66. The summed E-state index contributed by atoms with van der Waals surface area (Å²) in [6.07, 6.45) is -0.164. The summed E-state index contributed by atoms with van der Waals surface area (Å²) in [6, 6.07) is 28.4. The Morgan fingerprint density at radius 1 is 0.760 bits per heavy atom. The van der Waals surface area contributed by atoms with Crippen molar-refractivity contribution in [2.24, 2.45) is 9.98 Å². The van der Waals surface area contributed by atoms with E-state index < -0.39 is 0 Å². The lowest BCUT2D eigenvalue weighted by Gasteiger charge is -2.23. The number of benzene rings is 3. The van der Waals surface area contributed by atoms with E-state index in [1.165, 1.54) is 0 Å². The molecule has 3 aromatic carbocycles. The fraction of sp³-hybridized carbons (Fsp3) is 0.0476. The van der Waals surface area contributed by atoms with Gasteiger partial charge in [-0.25, -0.2) is 9.98 Å². The van der Waals surface area contributed by atoms with Crippen molar-refractivity contribution >= 4 is 27.6 Å². The summed E-state index contributed by atoms with van der Waals surface area (Å²) in [6.45, 7) is 0. The number of hydrogen-bond acceptors (Lipinski definition) is 3. The van der Waals surface area contributed by atoms with Gasteiger partial charge in [-0.2, -0.15) is 0 Å². The van der Waals surface area contributed by atoms with Crippen LogP contribution in [0, 0.1) is 0 Å². The minimum absolute atomic E-state index is 0.164. The van der Waals surface area contributed by atoms with Crippen molar-refractivity contribution in [1.29, 1.82) is 0 Å². The van der Waals surface area contributed by atoms with Crippen LogP contribution in [0.5, 0.6) is 0 Å². The zero-order valence-electron chi connectivity index (χ0n) is 13.4. The molecule has 0 aromatic heterocycles. The highest BCUT2D eigenvalue weighted by Crippen LogP contribution is 2.22. The van der Waals surface area contributed by atoms with Crippen LogP contribution in [0.4, 0.5) is 0 Å². The van der Waals surface area contributed by atoms with Crippen LogP contribution in [0.1, 0.15) is 22.9 Å². The van der Waals surface area contributed by atoms with Gasteiger partial charge in [-0.3, -0.25) is 0 Å². The van der Waals surface area contributed by atoms with Gasteiger partial charge in [-0.15, -0.1) is 0 Å². The van der Waals surface area contributed by atoms with Gasteiger partial charge in [-0.1, -0.05) is 88.7 Å². The molecule has 1 atom stereocenters. The van der Waals surface area contributed by atoms with Crippen LogP contribution in [-0.2, 0) is 0 Å². The van der Waals surface area contributed by atoms with Crippen molar-refractivity contribution in [2.45, 2.75) is 6.17 Å². The number of hydrogen-bond donors (Lipinski definition) is 1. The van der Waals surface area contributed by atoms with Crippen molar-refractivity contribution in [3.63, 3.8) is 0 Å². The Bertz CT molecular complexity index is 934. The molecule has 1 aliphatic rings. The van der Waals surface area contributed by atoms with Gasteiger partial charge >= 0.3 is 0 Å². The van der Waals surface area contributed by atoms with E-state index in [2.05, 4.69) is 45.5 Å². The van der Waals surface area contributed by atoms with Crippen LogP contribution in [0.25, 0.3) is 0 Å². The fourth-order valence-corrected chi connectivity index (χ4v) is 3.15. The second kappa shape index (κ2) is 7.03. The molecule has 122 valence electrons. The number of aliphatic imine (C=N–C) groups is 2. The number of halogens is 1. The topological polar surface area (TPSA) is 36.8 Å². The quantitative estimate of drug-likeness (QED) is 0.676. The van der Waals surface area contributed by atoms with Gasteiger partial charge in [0.25, 0.3) is 0 Å². The molecule has 0 fully saturated rings. The van der Waals surface area contributed by atoms with Crippen LogP contribution in [0.15, 0.2) is 99.4 Å². The molecule has 4 heteroatoms. The molecule has 0 saturated heterocycles. The number of nitrogens with one attached hydrogen (secondary N) is 1. The molecular weight excluding hydrogens is 374 g/mol. The molecule has 4 rings (SSSR count). The maximum Gasteiger partial charge on any atom is 0.159 e. The molecule has 1 aliphatic heterocycles. The van der Waals surface area contributed by atoms with Crippen LogP contribution in [0.2, 0.25) is 0 Å². The first-order valence-electron chi connectivity index (χ1n) is 8.09. The molecule has 1 N–H and O–H groups in total. The van der Waals surface area contributed by atoms with Crippen molar-refractivity contribution in [2.75, 3.05) is 0 Å². The van der Waals surface area contributed by atoms with Crippen molar-refractivity contribution in [1.82, 2.24) is 5.32 Å². The zero-order chi connectivity index (χ0) is 17.1. The molecule has 0 radical (unpaired) electrons. The zero-order valence-corrected chi connectivity index (χ0v) is 15.0. The minimum atomic E-state index is -0.164. The molecule has 0 aliphatic carbocycles. The standard InChI is InChI=1S/C21H16BrN3/c22-18-13-7-12-17(14-18)21-24-19(15-8-3-1-4-9-15)23-20(25-21)16-10-5-2-6-11-16/h1-14,19H,(H,23,24,25). The SMILES string of the molecule is Brc1cccc(C2=NC(c3ccccc3)NC(c3ccccc3)=N2)c1. The van der Waals surface area contributed by atoms with Crippen LogP contribution >= 0.6 is 15.9 Å². The average Bonchev–Trinajstić information content (AvgIpc) is 2.69. The highest BCUT2D eigenvalue weighted by molar-refractivity contribution is 9.10. The van der Waals surface area contributed by atoms with Crippen molar-refractivity contribution < 1.29 is 0 Å². The molecule has 25 heavy (non-hydrogen) atoms. The van der Waals surface area contributed by atoms with E-state index in [0.717, 1.165) is 32.8 Å². The van der Waals surface area contributed by atoms with Crippen LogP contribution in [-0.4, -0.2) is 11.7 Å². The van der Waals surface area contributed by atoms with Gasteiger partial charge in [0, 0.05) is 15.6 Å². The Morgan fingerprint density at radius 2 is 1.44 bits per heavy atom. The maximum absolute atomic E-state index is 4.84. The van der Waals surface area contributed by atoms with Gasteiger partial charge in [0.2, 0.25) is 0 Å². The van der Waals surface area contributed by atoms with Crippen molar-refractivity contribution in [3.8, 4) is 0 Å². The van der Waals surface area contributed by atoms with E-state index in [0.29, 0.717) is 0 Å². The van der Waals surface area contributed by atoms with E-state index in [1.807, 2.05) is 60.7 Å². The number of nitrogens with zero attached hydrogens (tertiary/aromatic N) is 2. The Hall–Kier alpha value is -2.72. The Labute approximate surface area is 155 Å². The molecule has 3 nitrogen and oxygen atoms in total. The highest BCUT2D eigenvalue weighted by Gasteiger charge is 2.20. The highest BCUT2D eigenvalue weighted by atomic mass is 79.9. The third kappa shape index (κ3) is 3.54. The van der Waals surface area contributed by atoms with E-state index in [-0.39, 0.29) is 6.17 Å². The summed E-state index contributed by atoms with van der Waals surface area (Å²) in [5.41, 5.74) is 3.15. The molecular formula is C21H16BrN3. The molecule has 1 unspecified atom stereocenters. The average molecular weight is 390 g/mol. The summed E-state index contributed by atoms with van der Waals surface area (Å²) in [5, 5.41) is 3.45. The molecule has 0 bridgehead atoms. The van der Waals surface area contributed by atoms with E-state index in [4.69, 9.17) is 9.98 Å². The largest absolute Gasteiger partial charge is 0.344 e. The van der Waals surface area contributed by atoms with Crippen molar-refractivity contribution in [3.05, 3.63) is 106 Å². The van der Waals surface area contributed by atoms with Crippen LogP contribution < -0.4 is 5.32 Å². The molecule has 0 saturated carbocycles. The lowest BCUT2D eigenvalue weighted by molar-refractivity contribution is 0.674. The lowest BCUT2D eigenvalue weighted by atomic mass is 10.1. The molecule has 1 heterocycles. The number of rotatable bonds is 3. The third-order valence-electron chi connectivity index (χ3n) is 3.99. The Kier molecular flexibility index (Phi) is 4.44. The van der Waals surface area contributed by atoms with E-state index >= 15 is 0 Å².